The minimum Gasteiger partial charge on any atom is -0.465 e. The Balaban J connectivity index is 1.71. The number of thiophene rings is 1. The summed E-state index contributed by atoms with van der Waals surface area (Å²) in [6.45, 7) is 0. The summed E-state index contributed by atoms with van der Waals surface area (Å²) in [5.41, 5.74) is 5.30. The van der Waals surface area contributed by atoms with E-state index in [-0.39, 0.29) is 5.91 Å². The summed E-state index contributed by atoms with van der Waals surface area (Å²) in [6.07, 6.45) is 7.68. The molecule has 0 saturated carbocycles. The lowest BCUT2D eigenvalue weighted by Gasteiger charge is -2.16. The number of ether oxygens (including phenoxy) is 1. The molecule has 28 heavy (non-hydrogen) atoms. The molecule has 1 aliphatic carbocycles. The van der Waals surface area contributed by atoms with Gasteiger partial charge in [-0.15, -0.1) is 11.3 Å². The van der Waals surface area contributed by atoms with Gasteiger partial charge in [0, 0.05) is 23.3 Å². The van der Waals surface area contributed by atoms with Crippen molar-refractivity contribution in [1.29, 1.82) is 0 Å². The van der Waals surface area contributed by atoms with Crippen molar-refractivity contribution in [2.75, 3.05) is 12.4 Å². The van der Waals surface area contributed by atoms with E-state index in [4.69, 9.17) is 4.74 Å². The molecule has 0 aliphatic heterocycles. The molecule has 1 amide bonds. The van der Waals surface area contributed by atoms with Crippen molar-refractivity contribution >= 4 is 28.2 Å². The predicted molar refractivity (Wildman–Crippen MR) is 110 cm³/mol. The first-order valence-electron chi connectivity index (χ1n) is 9.20. The van der Waals surface area contributed by atoms with Crippen molar-refractivity contribution < 1.29 is 14.3 Å². The largest absolute Gasteiger partial charge is 0.465 e. The molecular formula is C22H20N2O3S. The molecule has 0 radical (unpaired) electrons. The molecule has 0 fully saturated rings. The van der Waals surface area contributed by atoms with Gasteiger partial charge < -0.3 is 10.1 Å². The van der Waals surface area contributed by atoms with Gasteiger partial charge >= 0.3 is 5.97 Å². The average Bonchev–Trinajstić information content (AvgIpc) is 3.17. The van der Waals surface area contributed by atoms with Crippen LogP contribution in [-0.4, -0.2) is 24.0 Å². The fourth-order valence-corrected chi connectivity index (χ4v) is 4.49. The van der Waals surface area contributed by atoms with E-state index >= 15 is 0 Å². The number of pyridine rings is 1. The van der Waals surface area contributed by atoms with Crippen LogP contribution in [0.2, 0.25) is 0 Å². The van der Waals surface area contributed by atoms with Gasteiger partial charge in [-0.05, 0) is 54.5 Å². The number of benzene rings is 1. The van der Waals surface area contributed by atoms with Gasteiger partial charge in [-0.1, -0.05) is 18.2 Å². The summed E-state index contributed by atoms with van der Waals surface area (Å²) in [5.74, 6) is -0.771. The lowest BCUT2D eigenvalue weighted by Crippen LogP contribution is -2.14. The number of methoxy groups -OCH3 is 1. The Bertz CT molecular complexity index is 1030. The van der Waals surface area contributed by atoms with Crippen LogP contribution < -0.4 is 5.32 Å². The third kappa shape index (κ3) is 3.55. The van der Waals surface area contributed by atoms with Crippen LogP contribution >= 0.6 is 11.3 Å². The third-order valence-electron chi connectivity index (χ3n) is 4.99. The zero-order chi connectivity index (χ0) is 19.5. The topological polar surface area (TPSA) is 68.3 Å². The number of fused-ring (bicyclic) bond motifs is 1. The Hall–Kier alpha value is -2.99. The van der Waals surface area contributed by atoms with Crippen molar-refractivity contribution in [3.63, 3.8) is 0 Å². The Labute approximate surface area is 167 Å². The van der Waals surface area contributed by atoms with Crippen LogP contribution in [-0.2, 0) is 17.6 Å². The number of aryl methyl sites for hydroxylation is 2. The highest BCUT2D eigenvalue weighted by molar-refractivity contribution is 7.15. The van der Waals surface area contributed by atoms with E-state index in [1.165, 1.54) is 48.6 Å². The minimum atomic E-state index is -0.463. The second-order valence-corrected chi connectivity index (χ2v) is 7.61. The number of carbonyl (C=O) groups is 2. The molecule has 0 atom stereocenters. The highest BCUT2D eigenvalue weighted by Crippen LogP contribution is 2.38. The minimum absolute atomic E-state index is 0.308. The second-order valence-electron chi connectivity index (χ2n) is 6.73. The van der Waals surface area contributed by atoms with E-state index in [9.17, 15) is 9.59 Å². The number of esters is 1. The van der Waals surface area contributed by atoms with Crippen LogP contribution in [0.25, 0.3) is 11.1 Å². The van der Waals surface area contributed by atoms with Gasteiger partial charge in [0.1, 0.15) is 10.6 Å². The number of hydrogen-bond acceptors (Lipinski definition) is 5. The van der Waals surface area contributed by atoms with Crippen LogP contribution in [0.15, 0.2) is 48.1 Å². The number of rotatable bonds is 4. The molecule has 6 heteroatoms. The molecule has 1 aromatic carbocycles. The smallest absolute Gasteiger partial charge is 0.341 e. The van der Waals surface area contributed by atoms with Gasteiger partial charge in [0.05, 0.1) is 12.7 Å². The molecule has 0 saturated heterocycles. The van der Waals surface area contributed by atoms with E-state index in [0.29, 0.717) is 16.1 Å². The first-order valence-corrected chi connectivity index (χ1v) is 10.1. The summed E-state index contributed by atoms with van der Waals surface area (Å²) in [5, 5.41) is 5.21. The van der Waals surface area contributed by atoms with E-state index < -0.39 is 5.97 Å². The van der Waals surface area contributed by atoms with E-state index in [2.05, 4.69) is 22.4 Å². The van der Waals surface area contributed by atoms with Crippen LogP contribution in [0.3, 0.4) is 0 Å². The molecule has 5 nitrogen and oxygen atoms in total. The number of nitrogens with zero attached hydrogens (tertiary/aromatic N) is 1. The van der Waals surface area contributed by atoms with E-state index in [0.717, 1.165) is 24.0 Å². The summed E-state index contributed by atoms with van der Waals surface area (Å²) < 4.78 is 5.00. The van der Waals surface area contributed by atoms with Gasteiger partial charge in [-0.25, -0.2) is 4.79 Å². The van der Waals surface area contributed by atoms with Gasteiger partial charge in [-0.2, -0.15) is 0 Å². The molecule has 0 bridgehead atoms. The van der Waals surface area contributed by atoms with Crippen molar-refractivity contribution in [2.45, 2.75) is 25.7 Å². The summed E-state index contributed by atoms with van der Waals surface area (Å²) in [7, 11) is 1.35. The van der Waals surface area contributed by atoms with Crippen molar-refractivity contribution in [3.8, 4) is 11.1 Å². The zero-order valence-electron chi connectivity index (χ0n) is 15.5. The molecule has 2 heterocycles. The van der Waals surface area contributed by atoms with E-state index in [1.807, 2.05) is 11.4 Å². The number of aromatic nitrogens is 1. The summed E-state index contributed by atoms with van der Waals surface area (Å²) >= 11 is 1.32. The normalized spacial score (nSPS) is 12.9. The Kier molecular flexibility index (Phi) is 5.21. The number of nitrogens with one attached hydrogen (secondary N) is 1. The Morgan fingerprint density at radius 3 is 2.71 bits per heavy atom. The molecule has 3 aromatic rings. The zero-order valence-corrected chi connectivity index (χ0v) is 16.3. The fourth-order valence-electron chi connectivity index (χ4n) is 3.54. The first kappa shape index (κ1) is 18.4. The van der Waals surface area contributed by atoms with Crippen molar-refractivity contribution in [2.24, 2.45) is 0 Å². The molecule has 0 unspecified atom stereocenters. The van der Waals surface area contributed by atoms with Crippen LogP contribution in [0, 0.1) is 0 Å². The lowest BCUT2D eigenvalue weighted by atomic mass is 9.89. The maximum atomic E-state index is 12.5. The maximum absolute atomic E-state index is 12.5. The van der Waals surface area contributed by atoms with Gasteiger partial charge in [0.2, 0.25) is 0 Å². The standard InChI is InChI=1S/C22H20N2O3S/c1-27-22(26)19-18(16-9-8-14-5-2-3-6-15(14)11-16)13-28-21(19)24-20(25)17-7-4-10-23-12-17/h4,7-13H,2-3,5-6H2,1H3,(H,24,25). The summed E-state index contributed by atoms with van der Waals surface area (Å²) in [6, 6.07) is 9.73. The lowest BCUT2D eigenvalue weighted by molar-refractivity contribution is 0.0603. The highest BCUT2D eigenvalue weighted by Gasteiger charge is 2.23. The Morgan fingerprint density at radius 2 is 1.96 bits per heavy atom. The molecule has 4 rings (SSSR count). The quantitative estimate of drug-likeness (QED) is 0.652. The van der Waals surface area contributed by atoms with Crippen molar-refractivity contribution in [3.05, 3.63) is 70.4 Å². The van der Waals surface area contributed by atoms with Crippen LogP contribution in [0.1, 0.15) is 44.7 Å². The maximum Gasteiger partial charge on any atom is 0.341 e. The third-order valence-corrected chi connectivity index (χ3v) is 5.89. The van der Waals surface area contributed by atoms with Gasteiger partial charge in [-0.3, -0.25) is 9.78 Å². The molecule has 1 aliphatic rings. The van der Waals surface area contributed by atoms with Crippen LogP contribution in [0.4, 0.5) is 5.00 Å². The monoisotopic (exact) mass is 392 g/mol. The SMILES string of the molecule is COC(=O)c1c(-c2ccc3c(c2)CCCC3)csc1NC(=O)c1cccnc1. The molecule has 1 N–H and O–H groups in total. The van der Waals surface area contributed by atoms with Crippen molar-refractivity contribution in [1.82, 2.24) is 4.98 Å². The number of hydrogen-bond donors (Lipinski definition) is 1. The summed E-state index contributed by atoms with van der Waals surface area (Å²) in [4.78, 5) is 29.0. The average molecular weight is 392 g/mol. The van der Waals surface area contributed by atoms with Gasteiger partial charge in [0.25, 0.3) is 5.91 Å². The second kappa shape index (κ2) is 7.94. The number of carbonyl (C=O) groups excluding carboxylic acids is 2. The van der Waals surface area contributed by atoms with E-state index in [1.54, 1.807) is 18.3 Å². The fraction of sp³-hybridized carbons (Fsp3) is 0.227. The Morgan fingerprint density at radius 1 is 1.14 bits per heavy atom. The highest BCUT2D eigenvalue weighted by atomic mass is 32.1. The number of amides is 1. The van der Waals surface area contributed by atoms with Crippen LogP contribution in [0.5, 0.6) is 0 Å². The molecule has 2 aromatic heterocycles. The molecule has 0 spiro atoms. The molecular weight excluding hydrogens is 372 g/mol. The number of anilines is 1. The van der Waals surface area contributed by atoms with Gasteiger partial charge in [0.15, 0.2) is 0 Å². The first-order chi connectivity index (χ1) is 13.7. The predicted octanol–water partition coefficient (Wildman–Crippen LogP) is 4.73. The molecule has 142 valence electrons.